The minimum atomic E-state index is -3.17. The van der Waals surface area contributed by atoms with Gasteiger partial charge in [-0.15, -0.1) is 11.6 Å². The molecule has 1 heterocycles. The lowest BCUT2D eigenvalue weighted by atomic mass is 9.79. The molecule has 1 unspecified atom stereocenters. The fourth-order valence-electron chi connectivity index (χ4n) is 1.97. The zero-order valence-electron chi connectivity index (χ0n) is 10.4. The maximum Gasteiger partial charge on any atom is 0.217 e. The number of halogens is 1. The van der Waals surface area contributed by atoms with Crippen molar-refractivity contribution < 1.29 is 8.42 Å². The number of hydrogen-bond acceptors (Lipinski definition) is 2. The standard InChI is InChI=1S/C11H22ClNO2S/c1-4-11(3)5-7-13(8-6-11)16(14,15)10(2)9-12/h10H,4-9H2,1-3H3. The summed E-state index contributed by atoms with van der Waals surface area (Å²) >= 11 is 5.63. The van der Waals surface area contributed by atoms with Crippen LogP contribution in [-0.4, -0.2) is 36.9 Å². The second-order valence-corrected chi connectivity index (χ2v) is 7.73. The summed E-state index contributed by atoms with van der Waals surface area (Å²) in [5, 5.41) is -0.472. The third-order valence-corrected chi connectivity index (χ3v) is 6.78. The molecule has 5 heteroatoms. The van der Waals surface area contributed by atoms with Crippen molar-refractivity contribution in [3.8, 4) is 0 Å². The Kier molecular flexibility index (Phi) is 4.66. The Hall–Kier alpha value is 0.200. The molecule has 0 saturated carbocycles. The summed E-state index contributed by atoms with van der Waals surface area (Å²) in [4.78, 5) is 0. The van der Waals surface area contributed by atoms with Crippen LogP contribution in [0.2, 0.25) is 0 Å². The van der Waals surface area contributed by atoms with Crippen molar-refractivity contribution >= 4 is 21.6 Å². The number of sulfonamides is 1. The van der Waals surface area contributed by atoms with E-state index in [1.165, 1.54) is 0 Å². The van der Waals surface area contributed by atoms with E-state index in [2.05, 4.69) is 13.8 Å². The normalized spacial score (nSPS) is 24.2. The van der Waals surface area contributed by atoms with Crippen molar-refractivity contribution in [1.29, 1.82) is 0 Å². The molecule has 1 saturated heterocycles. The van der Waals surface area contributed by atoms with Gasteiger partial charge in [0.05, 0.1) is 5.25 Å². The summed E-state index contributed by atoms with van der Waals surface area (Å²) < 4.78 is 25.7. The first kappa shape index (κ1) is 14.3. The van der Waals surface area contributed by atoms with Crippen LogP contribution in [0, 0.1) is 5.41 Å². The summed E-state index contributed by atoms with van der Waals surface area (Å²) in [6.45, 7) is 7.38. The molecule has 0 spiro atoms. The molecule has 1 aliphatic rings. The number of hydrogen-bond donors (Lipinski definition) is 0. The van der Waals surface area contributed by atoms with Crippen molar-refractivity contribution in [2.75, 3.05) is 19.0 Å². The summed E-state index contributed by atoms with van der Waals surface area (Å²) in [5.74, 6) is 0.171. The van der Waals surface area contributed by atoms with Gasteiger partial charge < -0.3 is 0 Å². The highest BCUT2D eigenvalue weighted by molar-refractivity contribution is 7.89. The number of alkyl halides is 1. The van der Waals surface area contributed by atoms with Crippen LogP contribution in [0.1, 0.15) is 40.0 Å². The van der Waals surface area contributed by atoms with E-state index in [4.69, 9.17) is 11.6 Å². The molecule has 1 fully saturated rings. The molecule has 3 nitrogen and oxygen atoms in total. The van der Waals surface area contributed by atoms with Gasteiger partial charge in [0.15, 0.2) is 0 Å². The quantitative estimate of drug-likeness (QED) is 0.734. The van der Waals surface area contributed by atoms with Gasteiger partial charge >= 0.3 is 0 Å². The second kappa shape index (κ2) is 5.23. The van der Waals surface area contributed by atoms with Crippen LogP contribution >= 0.6 is 11.6 Å². The largest absolute Gasteiger partial charge is 0.217 e. The van der Waals surface area contributed by atoms with E-state index in [-0.39, 0.29) is 5.88 Å². The highest BCUT2D eigenvalue weighted by Gasteiger charge is 2.35. The molecule has 16 heavy (non-hydrogen) atoms. The van der Waals surface area contributed by atoms with Crippen molar-refractivity contribution in [2.24, 2.45) is 5.41 Å². The Balaban J connectivity index is 2.67. The lowest BCUT2D eigenvalue weighted by molar-refractivity contribution is 0.168. The highest BCUT2D eigenvalue weighted by atomic mass is 35.5. The Morgan fingerprint density at radius 2 is 1.88 bits per heavy atom. The smallest absolute Gasteiger partial charge is 0.212 e. The van der Waals surface area contributed by atoms with Gasteiger partial charge in [-0.25, -0.2) is 12.7 Å². The van der Waals surface area contributed by atoms with E-state index in [1.54, 1.807) is 11.2 Å². The van der Waals surface area contributed by atoms with Gasteiger partial charge in [-0.05, 0) is 25.2 Å². The van der Waals surface area contributed by atoms with Crippen molar-refractivity contribution in [2.45, 2.75) is 45.3 Å². The molecular formula is C11H22ClNO2S. The summed E-state index contributed by atoms with van der Waals surface area (Å²) in [5.41, 5.74) is 0.316. The van der Waals surface area contributed by atoms with Gasteiger partial charge in [0.25, 0.3) is 0 Å². The van der Waals surface area contributed by atoms with Gasteiger partial charge in [0.2, 0.25) is 10.0 Å². The molecule has 0 aromatic rings. The Morgan fingerprint density at radius 3 is 2.25 bits per heavy atom. The molecule has 0 aromatic heterocycles. The molecule has 1 atom stereocenters. The van der Waals surface area contributed by atoms with E-state index in [0.717, 1.165) is 19.3 Å². The topological polar surface area (TPSA) is 37.4 Å². The molecule has 1 rings (SSSR count). The van der Waals surface area contributed by atoms with Crippen LogP contribution < -0.4 is 0 Å². The van der Waals surface area contributed by atoms with Crippen LogP contribution in [-0.2, 0) is 10.0 Å². The molecule has 0 aromatic carbocycles. The average molecular weight is 268 g/mol. The van der Waals surface area contributed by atoms with Crippen molar-refractivity contribution in [3.05, 3.63) is 0 Å². The molecule has 0 N–H and O–H groups in total. The molecule has 0 aliphatic carbocycles. The lowest BCUT2D eigenvalue weighted by Gasteiger charge is -2.38. The predicted molar refractivity (Wildman–Crippen MR) is 68.3 cm³/mol. The van der Waals surface area contributed by atoms with Gasteiger partial charge in [-0.3, -0.25) is 0 Å². The van der Waals surface area contributed by atoms with Crippen molar-refractivity contribution in [1.82, 2.24) is 4.31 Å². The highest BCUT2D eigenvalue weighted by Crippen LogP contribution is 2.35. The predicted octanol–water partition coefficient (Wildman–Crippen LogP) is 2.46. The van der Waals surface area contributed by atoms with Gasteiger partial charge in [0, 0.05) is 19.0 Å². The Labute approximate surface area is 104 Å². The number of piperidine rings is 1. The van der Waals surface area contributed by atoms with Crippen LogP contribution in [0.25, 0.3) is 0 Å². The first-order valence-corrected chi connectivity index (χ1v) is 7.94. The fourth-order valence-corrected chi connectivity index (χ4v) is 3.81. The first-order chi connectivity index (χ1) is 7.35. The van der Waals surface area contributed by atoms with Gasteiger partial charge in [-0.2, -0.15) is 0 Å². The minimum absolute atomic E-state index is 0.171. The summed E-state index contributed by atoms with van der Waals surface area (Å²) in [6.07, 6.45) is 3.03. The molecule has 1 aliphatic heterocycles. The third-order valence-electron chi connectivity index (χ3n) is 3.87. The maximum atomic E-state index is 12.1. The molecule has 0 radical (unpaired) electrons. The third kappa shape index (κ3) is 2.90. The maximum absolute atomic E-state index is 12.1. The number of rotatable bonds is 4. The van der Waals surface area contributed by atoms with E-state index < -0.39 is 15.3 Å². The Bertz CT molecular complexity index is 321. The Morgan fingerprint density at radius 1 is 1.38 bits per heavy atom. The van der Waals surface area contributed by atoms with E-state index >= 15 is 0 Å². The zero-order valence-corrected chi connectivity index (χ0v) is 11.9. The average Bonchev–Trinajstić information content (AvgIpc) is 2.28. The van der Waals surface area contributed by atoms with Crippen LogP contribution in [0.3, 0.4) is 0 Å². The number of nitrogens with zero attached hydrogens (tertiary/aromatic N) is 1. The summed E-state index contributed by atoms with van der Waals surface area (Å²) in [7, 11) is -3.17. The second-order valence-electron chi connectivity index (χ2n) is 5.07. The zero-order chi connectivity index (χ0) is 12.4. The molecule has 96 valence electrons. The molecular weight excluding hydrogens is 246 g/mol. The fraction of sp³-hybridized carbons (Fsp3) is 1.00. The van der Waals surface area contributed by atoms with Crippen molar-refractivity contribution in [3.63, 3.8) is 0 Å². The van der Waals surface area contributed by atoms with Crippen LogP contribution in [0.4, 0.5) is 0 Å². The van der Waals surface area contributed by atoms with E-state index in [0.29, 0.717) is 18.5 Å². The van der Waals surface area contributed by atoms with Crippen LogP contribution in [0.5, 0.6) is 0 Å². The van der Waals surface area contributed by atoms with E-state index in [1.807, 2.05) is 0 Å². The monoisotopic (exact) mass is 267 g/mol. The van der Waals surface area contributed by atoms with Crippen LogP contribution in [0.15, 0.2) is 0 Å². The molecule has 0 amide bonds. The SMILES string of the molecule is CCC1(C)CCN(S(=O)(=O)C(C)CCl)CC1. The van der Waals surface area contributed by atoms with Gasteiger partial charge in [-0.1, -0.05) is 20.3 Å². The minimum Gasteiger partial charge on any atom is -0.212 e. The van der Waals surface area contributed by atoms with Gasteiger partial charge in [0.1, 0.15) is 0 Å². The van der Waals surface area contributed by atoms with E-state index in [9.17, 15) is 8.42 Å². The first-order valence-electron chi connectivity index (χ1n) is 5.90. The lowest BCUT2D eigenvalue weighted by Crippen LogP contribution is -2.45. The summed E-state index contributed by atoms with van der Waals surface area (Å²) in [6, 6.07) is 0. The molecule has 0 bridgehead atoms.